The Labute approximate surface area is 613 Å². The van der Waals surface area contributed by atoms with Crippen LogP contribution in [0.4, 0.5) is 0 Å². The van der Waals surface area contributed by atoms with Crippen LogP contribution in [0.15, 0.2) is 0 Å². The maximum Gasteiger partial charge on any atom is 0.472 e. The van der Waals surface area contributed by atoms with Gasteiger partial charge in [-0.05, 0) is 49.4 Å². The molecule has 594 valence electrons. The van der Waals surface area contributed by atoms with Gasteiger partial charge in [0.1, 0.15) is 19.3 Å². The zero-order valence-electron chi connectivity index (χ0n) is 65.8. The predicted molar refractivity (Wildman–Crippen MR) is 409 cm³/mol. The lowest BCUT2D eigenvalue weighted by molar-refractivity contribution is -0.161. The molecule has 3 unspecified atom stereocenters. The summed E-state index contributed by atoms with van der Waals surface area (Å²) >= 11 is 0. The van der Waals surface area contributed by atoms with E-state index in [1.54, 1.807) is 0 Å². The van der Waals surface area contributed by atoms with Crippen molar-refractivity contribution in [3.63, 3.8) is 0 Å². The van der Waals surface area contributed by atoms with E-state index in [2.05, 4.69) is 55.4 Å². The number of carbonyl (C=O) groups is 4. The number of phosphoric ester groups is 2. The van der Waals surface area contributed by atoms with Crippen LogP contribution in [0.5, 0.6) is 0 Å². The van der Waals surface area contributed by atoms with Crippen molar-refractivity contribution >= 4 is 39.5 Å². The lowest BCUT2D eigenvalue weighted by Crippen LogP contribution is -2.30. The molecule has 0 heterocycles. The highest BCUT2D eigenvalue weighted by Crippen LogP contribution is 2.45. The van der Waals surface area contributed by atoms with E-state index in [0.29, 0.717) is 25.7 Å². The van der Waals surface area contributed by atoms with Crippen molar-refractivity contribution in [1.82, 2.24) is 0 Å². The summed E-state index contributed by atoms with van der Waals surface area (Å²) in [6, 6.07) is 0. The van der Waals surface area contributed by atoms with Crippen LogP contribution in [0.1, 0.15) is 415 Å². The SMILES string of the molecule is CCC(C)CCCCCCCCC(=O)OC[C@H](COP(=O)(O)OC[C@H](O)COP(=O)(O)OC[C@@H](COC(=O)CCCCCCCCCCCCCCCC(C)C)OC(=O)CCCCCCCCCCCCCCCCC(C)C)OC(=O)CCCCCCCCCCCCCCCCC(C)C. The van der Waals surface area contributed by atoms with Gasteiger partial charge in [0, 0.05) is 25.7 Å². The molecule has 0 spiro atoms. The fourth-order valence-electron chi connectivity index (χ4n) is 12.4. The minimum Gasteiger partial charge on any atom is -0.462 e. The largest absolute Gasteiger partial charge is 0.472 e. The van der Waals surface area contributed by atoms with Crippen LogP contribution in [-0.2, 0) is 65.4 Å². The first kappa shape index (κ1) is 98.1. The Balaban J connectivity index is 5.25. The van der Waals surface area contributed by atoms with E-state index in [-0.39, 0.29) is 25.7 Å². The molecule has 0 aromatic heterocycles. The van der Waals surface area contributed by atoms with Gasteiger partial charge in [0.15, 0.2) is 12.2 Å². The molecule has 100 heavy (non-hydrogen) atoms. The third-order valence-corrected chi connectivity index (χ3v) is 21.1. The summed E-state index contributed by atoms with van der Waals surface area (Å²) in [7, 11) is -9.92. The fraction of sp³-hybridized carbons (Fsp3) is 0.951. The molecule has 0 aromatic carbocycles. The number of hydrogen-bond donors (Lipinski definition) is 3. The number of phosphoric acid groups is 2. The van der Waals surface area contributed by atoms with Gasteiger partial charge in [0.25, 0.3) is 0 Å². The van der Waals surface area contributed by atoms with Gasteiger partial charge in [-0.15, -0.1) is 0 Å². The first-order valence-corrected chi connectivity index (χ1v) is 44.7. The number of hydrogen-bond acceptors (Lipinski definition) is 15. The molecule has 0 radical (unpaired) electrons. The van der Waals surface area contributed by atoms with Crippen molar-refractivity contribution in [3.05, 3.63) is 0 Å². The highest BCUT2D eigenvalue weighted by atomic mass is 31.2. The minimum atomic E-state index is -4.96. The molecular weight excluding hydrogens is 1310 g/mol. The van der Waals surface area contributed by atoms with Gasteiger partial charge in [-0.25, -0.2) is 9.13 Å². The molecule has 19 heteroatoms. The van der Waals surface area contributed by atoms with Crippen molar-refractivity contribution in [2.75, 3.05) is 39.6 Å². The third-order valence-electron chi connectivity index (χ3n) is 19.2. The zero-order chi connectivity index (χ0) is 73.8. The summed E-state index contributed by atoms with van der Waals surface area (Å²) < 4.78 is 68.7. The van der Waals surface area contributed by atoms with Crippen LogP contribution in [0.25, 0.3) is 0 Å². The number of aliphatic hydroxyl groups excluding tert-OH is 1. The monoisotopic (exact) mass is 1470 g/mol. The summed E-state index contributed by atoms with van der Waals surface area (Å²) in [5.41, 5.74) is 0. The molecule has 0 saturated carbocycles. The van der Waals surface area contributed by atoms with Gasteiger partial charge in [0.2, 0.25) is 0 Å². The Bertz CT molecular complexity index is 1960. The molecule has 0 aliphatic rings. The Morgan fingerprint density at radius 3 is 0.710 bits per heavy atom. The van der Waals surface area contributed by atoms with E-state index in [0.717, 1.165) is 120 Å². The van der Waals surface area contributed by atoms with Crippen molar-refractivity contribution in [1.29, 1.82) is 0 Å². The first-order chi connectivity index (χ1) is 48.1. The van der Waals surface area contributed by atoms with E-state index in [1.807, 2.05) is 0 Å². The summed E-state index contributed by atoms with van der Waals surface area (Å²) in [6.45, 7) is 14.3. The van der Waals surface area contributed by atoms with Crippen LogP contribution in [0.3, 0.4) is 0 Å². The standard InChI is InChI=1S/C81H158O17P2/c1-9-74(8)60-52-44-39-40-46-54-62-79(84)92-68-77(98-81(86)64-56-48-38-32-26-19-13-11-16-22-28-34-42-50-58-72(4)5)70-96-100(89,90)94-66-75(82)65-93-99(87,88)95-69-76(67-91-78(83)61-53-45-36-30-24-20-14-17-23-29-35-43-51-59-73(6)7)97-80(85)63-55-47-37-31-25-18-12-10-15-21-27-33-41-49-57-71(2)3/h71-77,82H,9-70H2,1-8H3,(H,87,88)(H,89,90)/t74?,75-,76-,77-/m1/s1. The lowest BCUT2D eigenvalue weighted by atomic mass is 10.00. The van der Waals surface area contributed by atoms with Gasteiger partial charge in [-0.3, -0.25) is 37.3 Å². The summed E-state index contributed by atoms with van der Waals surface area (Å²) in [5.74, 6) is 0.998. The molecule has 0 amide bonds. The van der Waals surface area contributed by atoms with Gasteiger partial charge in [-0.2, -0.15) is 0 Å². The molecule has 0 aliphatic carbocycles. The van der Waals surface area contributed by atoms with E-state index in [9.17, 15) is 43.2 Å². The Kier molecular flexibility index (Phi) is 68.7. The van der Waals surface area contributed by atoms with Gasteiger partial charge in [0.05, 0.1) is 26.4 Å². The van der Waals surface area contributed by atoms with Crippen molar-refractivity contribution in [2.45, 2.75) is 433 Å². The molecule has 0 saturated heterocycles. The van der Waals surface area contributed by atoms with Crippen LogP contribution in [-0.4, -0.2) is 96.7 Å². The lowest BCUT2D eigenvalue weighted by Gasteiger charge is -2.21. The smallest absolute Gasteiger partial charge is 0.462 e. The van der Waals surface area contributed by atoms with E-state index >= 15 is 0 Å². The predicted octanol–water partition coefficient (Wildman–Crippen LogP) is 24.0. The van der Waals surface area contributed by atoms with Gasteiger partial charge in [-0.1, -0.05) is 364 Å². The van der Waals surface area contributed by atoms with Crippen molar-refractivity contribution in [3.8, 4) is 0 Å². The molecule has 0 rings (SSSR count). The molecule has 0 aromatic rings. The molecule has 6 atom stereocenters. The topological polar surface area (TPSA) is 237 Å². The second-order valence-electron chi connectivity index (χ2n) is 30.8. The first-order valence-electron chi connectivity index (χ1n) is 41.7. The minimum absolute atomic E-state index is 0.106. The summed E-state index contributed by atoms with van der Waals surface area (Å²) in [6.07, 6.45) is 56.8. The van der Waals surface area contributed by atoms with Crippen LogP contribution in [0, 0.1) is 23.7 Å². The third kappa shape index (κ3) is 73.0. The molecule has 17 nitrogen and oxygen atoms in total. The van der Waals surface area contributed by atoms with Crippen LogP contribution in [0.2, 0.25) is 0 Å². The maximum absolute atomic E-state index is 13.1. The number of rotatable bonds is 78. The maximum atomic E-state index is 13.1. The number of ether oxygens (including phenoxy) is 4. The Morgan fingerprint density at radius 2 is 0.480 bits per heavy atom. The second-order valence-corrected chi connectivity index (χ2v) is 33.7. The molecule has 3 N–H and O–H groups in total. The summed E-state index contributed by atoms with van der Waals surface area (Å²) in [4.78, 5) is 73.0. The van der Waals surface area contributed by atoms with E-state index in [4.69, 9.17) is 37.0 Å². The molecule has 0 fully saturated rings. The number of esters is 4. The fourth-order valence-corrected chi connectivity index (χ4v) is 14.0. The molecule has 0 aliphatic heterocycles. The number of carbonyl (C=O) groups excluding carboxylic acids is 4. The average molecular weight is 1470 g/mol. The van der Waals surface area contributed by atoms with Crippen molar-refractivity contribution < 1.29 is 80.2 Å². The highest BCUT2D eigenvalue weighted by molar-refractivity contribution is 7.47. The van der Waals surface area contributed by atoms with Gasteiger partial charge < -0.3 is 33.8 Å². The zero-order valence-corrected chi connectivity index (χ0v) is 67.6. The average Bonchev–Trinajstić information content (AvgIpc) is 0.943. The van der Waals surface area contributed by atoms with E-state index < -0.39 is 97.5 Å². The molecular formula is C81H158O17P2. The highest BCUT2D eigenvalue weighted by Gasteiger charge is 2.30. The second kappa shape index (κ2) is 70.1. The quantitative estimate of drug-likeness (QED) is 0.0222. The van der Waals surface area contributed by atoms with Crippen molar-refractivity contribution in [2.24, 2.45) is 23.7 Å². The Morgan fingerprint density at radius 1 is 0.280 bits per heavy atom. The summed E-state index contributed by atoms with van der Waals surface area (Å²) in [5, 5.41) is 10.6. The van der Waals surface area contributed by atoms with Crippen LogP contribution >= 0.6 is 15.6 Å². The number of unbranched alkanes of at least 4 members (excludes halogenated alkanes) is 43. The Hall–Kier alpha value is -1.94. The van der Waals surface area contributed by atoms with Crippen LogP contribution < -0.4 is 0 Å². The number of aliphatic hydroxyl groups is 1. The van der Waals surface area contributed by atoms with E-state index in [1.165, 1.54) is 212 Å². The molecule has 0 bridgehead atoms. The normalized spacial score (nSPS) is 14.3. The van der Waals surface area contributed by atoms with Gasteiger partial charge >= 0.3 is 39.5 Å².